The first kappa shape index (κ1) is 10.8. The lowest BCUT2D eigenvalue weighted by Gasteiger charge is -2.21. The molecule has 1 aliphatic carbocycles. The van der Waals surface area contributed by atoms with Crippen LogP contribution in [-0.2, 0) is 11.3 Å². The van der Waals surface area contributed by atoms with E-state index >= 15 is 0 Å². The summed E-state index contributed by atoms with van der Waals surface area (Å²) in [6.45, 7) is 2.86. The molecule has 0 saturated heterocycles. The Labute approximate surface area is 94.1 Å². The second kappa shape index (κ2) is 4.41. The summed E-state index contributed by atoms with van der Waals surface area (Å²) in [5, 5.41) is 1.09. The molecule has 1 aromatic heterocycles. The van der Waals surface area contributed by atoms with E-state index in [9.17, 15) is 4.79 Å². The van der Waals surface area contributed by atoms with Crippen molar-refractivity contribution in [1.82, 2.24) is 9.88 Å². The van der Waals surface area contributed by atoms with Crippen molar-refractivity contribution in [2.75, 3.05) is 7.05 Å². The fraction of sp³-hybridized carbons (Fsp3) is 0.636. The van der Waals surface area contributed by atoms with Gasteiger partial charge in [0.1, 0.15) is 5.78 Å². The van der Waals surface area contributed by atoms with Crippen molar-refractivity contribution in [3.05, 3.63) is 16.1 Å². The summed E-state index contributed by atoms with van der Waals surface area (Å²) in [4.78, 5) is 19.2. The molecule has 0 aliphatic heterocycles. The van der Waals surface area contributed by atoms with Crippen LogP contribution in [0.5, 0.6) is 0 Å². The topological polar surface area (TPSA) is 33.2 Å². The molecule has 0 radical (unpaired) electrons. The number of aromatic nitrogens is 1. The average molecular weight is 224 g/mol. The molecule has 82 valence electrons. The van der Waals surface area contributed by atoms with E-state index in [0.717, 1.165) is 30.8 Å². The van der Waals surface area contributed by atoms with Gasteiger partial charge >= 0.3 is 0 Å². The minimum absolute atomic E-state index is 0.146. The summed E-state index contributed by atoms with van der Waals surface area (Å²) in [7, 11) is 2.03. The number of likely N-dealkylation sites (N-methyl/N-ethyl adjacent to an activating group) is 1. The second-order valence-corrected chi connectivity index (χ2v) is 5.45. The van der Waals surface area contributed by atoms with E-state index in [1.165, 1.54) is 4.88 Å². The van der Waals surface area contributed by atoms with E-state index in [1.54, 1.807) is 11.3 Å². The molecule has 0 aromatic carbocycles. The van der Waals surface area contributed by atoms with Crippen LogP contribution in [0.3, 0.4) is 0 Å². The first-order chi connectivity index (χ1) is 7.16. The van der Waals surface area contributed by atoms with Gasteiger partial charge in [-0.05, 0) is 26.8 Å². The fourth-order valence-electron chi connectivity index (χ4n) is 2.10. The standard InChI is InChI=1S/C11H16N2OS/c1-8-12-6-9(15-8)7-13(2)10-4-3-5-11(10)14/h6,10H,3-5,7H2,1-2H3. The average Bonchev–Trinajstić information content (AvgIpc) is 2.75. The highest BCUT2D eigenvalue weighted by atomic mass is 32.1. The summed E-state index contributed by atoms with van der Waals surface area (Å²) in [6.07, 6.45) is 4.75. The lowest BCUT2D eigenvalue weighted by atomic mass is 10.2. The Kier molecular flexibility index (Phi) is 3.17. The minimum atomic E-state index is 0.146. The number of hydrogen-bond donors (Lipinski definition) is 0. The van der Waals surface area contributed by atoms with Gasteiger partial charge in [0, 0.05) is 24.0 Å². The van der Waals surface area contributed by atoms with Gasteiger partial charge in [-0.1, -0.05) is 0 Å². The molecule has 0 amide bonds. The Morgan fingerprint density at radius 3 is 3.00 bits per heavy atom. The monoisotopic (exact) mass is 224 g/mol. The van der Waals surface area contributed by atoms with E-state index in [1.807, 2.05) is 20.2 Å². The van der Waals surface area contributed by atoms with Crippen molar-refractivity contribution < 1.29 is 4.79 Å². The van der Waals surface area contributed by atoms with Crippen molar-refractivity contribution in [2.24, 2.45) is 0 Å². The largest absolute Gasteiger partial charge is 0.298 e. The summed E-state index contributed by atoms with van der Waals surface area (Å²) < 4.78 is 0. The van der Waals surface area contributed by atoms with Crippen LogP contribution in [-0.4, -0.2) is 28.8 Å². The summed E-state index contributed by atoms with van der Waals surface area (Å²) in [6, 6.07) is 0.146. The third-order valence-corrected chi connectivity index (χ3v) is 3.78. The van der Waals surface area contributed by atoms with Crippen LogP contribution < -0.4 is 0 Å². The van der Waals surface area contributed by atoms with Crippen molar-refractivity contribution in [1.29, 1.82) is 0 Å². The zero-order valence-corrected chi connectivity index (χ0v) is 10.0. The molecule has 1 atom stereocenters. The predicted octanol–water partition coefficient (Wildman–Crippen LogP) is 2.00. The maximum atomic E-state index is 11.6. The molecule has 4 heteroatoms. The van der Waals surface area contributed by atoms with Crippen molar-refractivity contribution in [3.63, 3.8) is 0 Å². The number of nitrogens with zero attached hydrogens (tertiary/aromatic N) is 2. The highest BCUT2D eigenvalue weighted by Crippen LogP contribution is 2.22. The van der Waals surface area contributed by atoms with Crippen LogP contribution in [0, 0.1) is 6.92 Å². The van der Waals surface area contributed by atoms with Crippen molar-refractivity contribution in [2.45, 2.75) is 38.8 Å². The molecule has 1 aliphatic rings. The number of aryl methyl sites for hydroxylation is 1. The zero-order valence-electron chi connectivity index (χ0n) is 9.19. The zero-order chi connectivity index (χ0) is 10.8. The number of thiazole rings is 1. The number of carbonyl (C=O) groups excluding carboxylic acids is 1. The Bertz CT molecular complexity index is 361. The van der Waals surface area contributed by atoms with E-state index < -0.39 is 0 Å². The molecule has 2 rings (SSSR count). The molecule has 1 saturated carbocycles. The van der Waals surface area contributed by atoms with Gasteiger partial charge in [0.05, 0.1) is 11.0 Å². The third-order valence-electron chi connectivity index (χ3n) is 2.88. The molecule has 0 bridgehead atoms. The number of hydrogen-bond acceptors (Lipinski definition) is 4. The molecule has 15 heavy (non-hydrogen) atoms. The summed E-state index contributed by atoms with van der Waals surface area (Å²) in [5.41, 5.74) is 0. The van der Waals surface area contributed by atoms with Gasteiger partial charge in [0.2, 0.25) is 0 Å². The minimum Gasteiger partial charge on any atom is -0.298 e. The van der Waals surface area contributed by atoms with Gasteiger partial charge in [0.25, 0.3) is 0 Å². The lowest BCUT2D eigenvalue weighted by Crippen LogP contribution is -2.34. The Balaban J connectivity index is 1.97. The SMILES string of the molecule is Cc1ncc(CN(C)C2CCCC2=O)s1. The van der Waals surface area contributed by atoms with Crippen LogP contribution in [0.15, 0.2) is 6.20 Å². The van der Waals surface area contributed by atoms with Crippen molar-refractivity contribution in [3.8, 4) is 0 Å². The van der Waals surface area contributed by atoms with Crippen LogP contribution in [0.25, 0.3) is 0 Å². The lowest BCUT2D eigenvalue weighted by molar-refractivity contribution is -0.121. The van der Waals surface area contributed by atoms with Gasteiger partial charge in [0.15, 0.2) is 0 Å². The maximum absolute atomic E-state index is 11.6. The molecule has 1 aromatic rings. The molecule has 0 spiro atoms. The van der Waals surface area contributed by atoms with Gasteiger partial charge in [-0.2, -0.15) is 0 Å². The van der Waals surface area contributed by atoms with E-state index in [2.05, 4.69) is 9.88 Å². The smallest absolute Gasteiger partial charge is 0.149 e. The molecule has 1 heterocycles. The van der Waals surface area contributed by atoms with Crippen LogP contribution in [0.4, 0.5) is 0 Å². The number of ketones is 1. The second-order valence-electron chi connectivity index (χ2n) is 4.14. The number of Topliss-reactive ketones (excluding diaryl/α,β-unsaturated/α-hetero) is 1. The Hall–Kier alpha value is -0.740. The highest BCUT2D eigenvalue weighted by Gasteiger charge is 2.27. The highest BCUT2D eigenvalue weighted by molar-refractivity contribution is 7.11. The Morgan fingerprint density at radius 2 is 2.47 bits per heavy atom. The molecular formula is C11H16N2OS. The Morgan fingerprint density at radius 1 is 1.67 bits per heavy atom. The fourth-order valence-corrected chi connectivity index (χ4v) is 2.96. The quantitative estimate of drug-likeness (QED) is 0.787. The van der Waals surface area contributed by atoms with Crippen LogP contribution in [0.2, 0.25) is 0 Å². The maximum Gasteiger partial charge on any atom is 0.149 e. The van der Waals surface area contributed by atoms with E-state index in [-0.39, 0.29) is 6.04 Å². The predicted molar refractivity (Wildman–Crippen MR) is 61.0 cm³/mol. The normalized spacial score (nSPS) is 21.5. The molecule has 1 unspecified atom stereocenters. The van der Waals surface area contributed by atoms with E-state index in [4.69, 9.17) is 0 Å². The van der Waals surface area contributed by atoms with Crippen molar-refractivity contribution >= 4 is 17.1 Å². The third kappa shape index (κ3) is 2.44. The number of rotatable bonds is 3. The first-order valence-corrected chi connectivity index (χ1v) is 6.13. The molecule has 1 fully saturated rings. The molecular weight excluding hydrogens is 208 g/mol. The van der Waals surface area contributed by atoms with Crippen LogP contribution in [0.1, 0.15) is 29.1 Å². The van der Waals surface area contributed by atoms with Gasteiger partial charge in [-0.15, -0.1) is 11.3 Å². The van der Waals surface area contributed by atoms with Crippen LogP contribution >= 0.6 is 11.3 Å². The summed E-state index contributed by atoms with van der Waals surface area (Å²) >= 11 is 1.71. The van der Waals surface area contributed by atoms with E-state index in [0.29, 0.717) is 5.78 Å². The van der Waals surface area contributed by atoms with Gasteiger partial charge in [-0.25, -0.2) is 4.98 Å². The van der Waals surface area contributed by atoms with Gasteiger partial charge in [-0.3, -0.25) is 9.69 Å². The first-order valence-electron chi connectivity index (χ1n) is 5.31. The number of carbonyl (C=O) groups is 1. The summed E-state index contributed by atoms with van der Waals surface area (Å²) in [5.74, 6) is 0.402. The molecule has 0 N–H and O–H groups in total. The molecule has 3 nitrogen and oxygen atoms in total. The van der Waals surface area contributed by atoms with Gasteiger partial charge < -0.3 is 0 Å².